The monoisotopic (exact) mass is 301 g/mol. The van der Waals surface area contributed by atoms with Crippen LogP contribution in [0.1, 0.15) is 38.8 Å². The molecule has 2 rings (SSSR count). The molecule has 1 heterocycles. The number of halogens is 1. The summed E-state index contributed by atoms with van der Waals surface area (Å²) >= 11 is 0. The van der Waals surface area contributed by atoms with E-state index in [9.17, 15) is 14.6 Å². The number of hydrogen-bond acceptors (Lipinski definition) is 4. The molecule has 0 amide bonds. The Bertz CT molecular complexity index is 405. The Kier molecular flexibility index (Phi) is 9.37. The highest BCUT2D eigenvalue weighted by molar-refractivity contribution is 5.26. The Morgan fingerprint density at radius 1 is 1.10 bits per heavy atom. The highest BCUT2D eigenvalue weighted by Crippen LogP contribution is 2.25. The first-order chi connectivity index (χ1) is 10.0. The molecule has 4 nitrogen and oxygen atoms in total. The van der Waals surface area contributed by atoms with Gasteiger partial charge in [-0.2, -0.15) is 0 Å². The largest absolute Gasteiger partial charge is 0.379 e. The Balaban J connectivity index is 0.000000921. The van der Waals surface area contributed by atoms with E-state index in [1.165, 1.54) is 17.0 Å². The zero-order valence-corrected chi connectivity index (χ0v) is 13.7. The normalized spacial score (nSPS) is 15.4. The van der Waals surface area contributed by atoms with Crippen LogP contribution in [0.25, 0.3) is 0 Å². The first kappa shape index (κ1) is 20.0. The molecule has 0 atom stereocenters. The molecule has 0 unspecified atom stereocenters. The van der Waals surface area contributed by atoms with Crippen molar-refractivity contribution in [2.45, 2.75) is 40.5 Å². The molecular formula is C16H28FNO3. The molecule has 1 saturated heterocycles. The highest BCUT2D eigenvalue weighted by Gasteiger charge is 2.35. The molecule has 1 aromatic rings. The minimum atomic E-state index is -2.14. The maximum atomic E-state index is 13.4. The predicted molar refractivity (Wildman–Crippen MR) is 82.3 cm³/mol. The van der Waals surface area contributed by atoms with Crippen LogP contribution in [0.5, 0.6) is 0 Å². The van der Waals surface area contributed by atoms with Crippen molar-refractivity contribution in [3.05, 3.63) is 35.1 Å². The molecular weight excluding hydrogens is 273 g/mol. The predicted octanol–water partition coefficient (Wildman–Crippen LogP) is 2.61. The third-order valence-electron chi connectivity index (χ3n) is 3.01. The van der Waals surface area contributed by atoms with E-state index < -0.39 is 11.7 Å². The standard InChI is InChI=1S/C12H16FNO3.2C2H6/c1-9-2-3-10(8-11(9)13)12(15,16)14-4-6-17-7-5-14;2*1-2/h2-3,8,15-16H,4-7H2,1H3;2*1-2H3. The van der Waals surface area contributed by atoms with Gasteiger partial charge in [-0.3, -0.25) is 0 Å². The quantitative estimate of drug-likeness (QED) is 0.825. The molecule has 122 valence electrons. The van der Waals surface area contributed by atoms with Crippen LogP contribution >= 0.6 is 0 Å². The second-order valence-electron chi connectivity index (χ2n) is 4.20. The van der Waals surface area contributed by atoms with Crippen molar-refractivity contribution in [2.75, 3.05) is 26.3 Å². The fourth-order valence-corrected chi connectivity index (χ4v) is 1.86. The van der Waals surface area contributed by atoms with Gasteiger partial charge in [0.15, 0.2) is 0 Å². The van der Waals surface area contributed by atoms with Crippen molar-refractivity contribution >= 4 is 0 Å². The van der Waals surface area contributed by atoms with Gasteiger partial charge in [0.05, 0.1) is 13.2 Å². The Labute approximate surface area is 127 Å². The number of benzene rings is 1. The zero-order valence-electron chi connectivity index (χ0n) is 13.7. The van der Waals surface area contributed by atoms with Crippen LogP contribution in [-0.2, 0) is 10.6 Å². The molecule has 5 heteroatoms. The third kappa shape index (κ3) is 5.36. The molecule has 1 aromatic carbocycles. The third-order valence-corrected chi connectivity index (χ3v) is 3.01. The van der Waals surface area contributed by atoms with Gasteiger partial charge in [0, 0.05) is 18.7 Å². The Morgan fingerprint density at radius 2 is 1.62 bits per heavy atom. The van der Waals surface area contributed by atoms with Gasteiger partial charge in [0.1, 0.15) is 5.82 Å². The van der Waals surface area contributed by atoms with Crippen LogP contribution in [0.3, 0.4) is 0 Å². The Hall–Kier alpha value is -1.01. The summed E-state index contributed by atoms with van der Waals surface area (Å²) in [5, 5.41) is 20.2. The summed E-state index contributed by atoms with van der Waals surface area (Å²) in [4.78, 5) is 1.46. The van der Waals surface area contributed by atoms with E-state index >= 15 is 0 Å². The molecule has 0 saturated carbocycles. The molecule has 21 heavy (non-hydrogen) atoms. The molecule has 1 aliphatic rings. The average molecular weight is 301 g/mol. The number of morpholine rings is 1. The minimum Gasteiger partial charge on any atom is -0.379 e. The van der Waals surface area contributed by atoms with E-state index in [1.54, 1.807) is 6.92 Å². The van der Waals surface area contributed by atoms with Crippen molar-refractivity contribution < 1.29 is 19.3 Å². The lowest BCUT2D eigenvalue weighted by Gasteiger charge is -2.37. The lowest BCUT2D eigenvalue weighted by molar-refractivity contribution is -0.287. The summed E-state index contributed by atoms with van der Waals surface area (Å²) in [5.74, 6) is -2.58. The van der Waals surface area contributed by atoms with Crippen LogP contribution in [0.15, 0.2) is 18.2 Å². The van der Waals surface area contributed by atoms with Crippen LogP contribution in [0.4, 0.5) is 4.39 Å². The van der Waals surface area contributed by atoms with E-state index in [-0.39, 0.29) is 5.56 Å². The van der Waals surface area contributed by atoms with Gasteiger partial charge in [-0.05, 0) is 18.6 Å². The van der Waals surface area contributed by atoms with Gasteiger partial charge in [0.2, 0.25) is 0 Å². The van der Waals surface area contributed by atoms with E-state index in [0.717, 1.165) is 6.07 Å². The van der Waals surface area contributed by atoms with Crippen LogP contribution in [-0.4, -0.2) is 41.4 Å². The first-order valence-electron chi connectivity index (χ1n) is 7.56. The SMILES string of the molecule is CC.CC.Cc1ccc(C(O)(O)N2CCOCC2)cc1F. The smallest absolute Gasteiger partial charge is 0.253 e. The van der Waals surface area contributed by atoms with E-state index in [1.807, 2.05) is 27.7 Å². The highest BCUT2D eigenvalue weighted by atomic mass is 19.1. The van der Waals surface area contributed by atoms with Crippen molar-refractivity contribution in [3.8, 4) is 0 Å². The lowest BCUT2D eigenvalue weighted by atomic mass is 10.1. The van der Waals surface area contributed by atoms with Gasteiger partial charge >= 0.3 is 0 Å². The number of ether oxygens (including phenoxy) is 1. The second-order valence-corrected chi connectivity index (χ2v) is 4.20. The summed E-state index contributed by atoms with van der Waals surface area (Å²) in [5.41, 5.74) is 0.619. The molecule has 1 fully saturated rings. The number of aliphatic hydroxyl groups is 2. The van der Waals surface area contributed by atoms with Crippen molar-refractivity contribution in [2.24, 2.45) is 0 Å². The number of rotatable bonds is 2. The minimum absolute atomic E-state index is 0.141. The van der Waals surface area contributed by atoms with Crippen molar-refractivity contribution in [3.63, 3.8) is 0 Å². The molecule has 0 bridgehead atoms. The van der Waals surface area contributed by atoms with Crippen molar-refractivity contribution in [1.29, 1.82) is 0 Å². The molecule has 0 spiro atoms. The van der Waals surface area contributed by atoms with Gasteiger partial charge in [-0.25, -0.2) is 9.29 Å². The van der Waals surface area contributed by atoms with Crippen LogP contribution in [0, 0.1) is 12.7 Å². The van der Waals surface area contributed by atoms with Crippen molar-refractivity contribution in [1.82, 2.24) is 4.90 Å². The van der Waals surface area contributed by atoms with E-state index in [2.05, 4.69) is 0 Å². The van der Waals surface area contributed by atoms with Gasteiger partial charge < -0.3 is 14.9 Å². The fraction of sp³-hybridized carbons (Fsp3) is 0.625. The second kappa shape index (κ2) is 9.84. The molecule has 1 aliphatic heterocycles. The number of hydrogen-bond donors (Lipinski definition) is 2. The zero-order chi connectivity index (χ0) is 16.5. The first-order valence-corrected chi connectivity index (χ1v) is 7.56. The van der Waals surface area contributed by atoms with E-state index in [0.29, 0.717) is 31.9 Å². The summed E-state index contributed by atoms with van der Waals surface area (Å²) < 4.78 is 18.5. The maximum absolute atomic E-state index is 13.4. The molecule has 0 radical (unpaired) electrons. The fourth-order valence-electron chi connectivity index (χ4n) is 1.86. The number of aryl methyl sites for hydroxylation is 1. The molecule has 2 N–H and O–H groups in total. The maximum Gasteiger partial charge on any atom is 0.253 e. The van der Waals surface area contributed by atoms with Crippen LogP contribution < -0.4 is 0 Å². The van der Waals surface area contributed by atoms with Gasteiger partial charge in [-0.15, -0.1) is 0 Å². The summed E-state index contributed by atoms with van der Waals surface area (Å²) in [7, 11) is 0. The summed E-state index contributed by atoms with van der Waals surface area (Å²) in [6.07, 6.45) is 0. The molecule has 0 aromatic heterocycles. The average Bonchev–Trinajstić information content (AvgIpc) is 2.54. The van der Waals surface area contributed by atoms with Gasteiger partial charge in [-0.1, -0.05) is 39.8 Å². The topological polar surface area (TPSA) is 52.9 Å². The summed E-state index contributed by atoms with van der Waals surface area (Å²) in [6.45, 7) is 11.3. The molecule has 0 aliphatic carbocycles. The Morgan fingerprint density at radius 3 is 2.10 bits per heavy atom. The number of nitrogens with zero attached hydrogens (tertiary/aromatic N) is 1. The van der Waals surface area contributed by atoms with Crippen LogP contribution in [0.2, 0.25) is 0 Å². The lowest BCUT2D eigenvalue weighted by Crippen LogP contribution is -2.51. The van der Waals surface area contributed by atoms with E-state index in [4.69, 9.17) is 4.74 Å². The summed E-state index contributed by atoms with van der Waals surface area (Å²) in [6, 6.07) is 4.21. The van der Waals surface area contributed by atoms with Gasteiger partial charge in [0.25, 0.3) is 5.91 Å².